The number of rotatable bonds is 6. The second-order valence-corrected chi connectivity index (χ2v) is 7.25. The lowest BCUT2D eigenvalue weighted by Gasteiger charge is -2.36. The highest BCUT2D eigenvalue weighted by Crippen LogP contribution is 2.31. The molecule has 0 N–H and O–H groups in total. The zero-order valence-electron chi connectivity index (χ0n) is 11.2. The fourth-order valence-corrected chi connectivity index (χ4v) is 4.43. The molecule has 3 nitrogen and oxygen atoms in total. The maximum absolute atomic E-state index is 12.8. The zero-order chi connectivity index (χ0) is 13.9. The summed E-state index contributed by atoms with van der Waals surface area (Å²) in [4.78, 5) is 0.427. The number of alkyl halides is 1. The lowest BCUT2D eigenvalue weighted by molar-refractivity contribution is 0.220. The van der Waals surface area contributed by atoms with Crippen LogP contribution in [0.1, 0.15) is 31.2 Å². The van der Waals surface area contributed by atoms with Crippen LogP contribution in [0.5, 0.6) is 0 Å². The first-order valence-electron chi connectivity index (χ1n) is 6.71. The first-order chi connectivity index (χ1) is 9.07. The lowest BCUT2D eigenvalue weighted by Crippen LogP contribution is -2.44. The van der Waals surface area contributed by atoms with Gasteiger partial charge in [0.1, 0.15) is 0 Å². The second kappa shape index (κ2) is 6.25. The summed E-state index contributed by atoms with van der Waals surface area (Å²) in [6.45, 7) is 2.36. The Balaban J connectivity index is 2.31. The van der Waals surface area contributed by atoms with Gasteiger partial charge in [0.15, 0.2) is 0 Å². The van der Waals surface area contributed by atoms with Gasteiger partial charge >= 0.3 is 0 Å². The number of hydrogen-bond donors (Lipinski definition) is 0. The minimum Gasteiger partial charge on any atom is -0.207 e. The fourth-order valence-electron chi connectivity index (χ4n) is 2.36. The normalized spacial score (nSPS) is 16.6. The predicted octanol–water partition coefficient (Wildman–Crippen LogP) is 3.17. The van der Waals surface area contributed by atoms with Gasteiger partial charge in [-0.3, -0.25) is 0 Å². The zero-order valence-corrected chi connectivity index (χ0v) is 12.8. The van der Waals surface area contributed by atoms with Gasteiger partial charge in [-0.1, -0.05) is 24.6 Å². The quantitative estimate of drug-likeness (QED) is 0.757. The van der Waals surface area contributed by atoms with Crippen molar-refractivity contribution in [3.63, 3.8) is 0 Å². The van der Waals surface area contributed by atoms with Crippen molar-refractivity contribution in [1.82, 2.24) is 4.31 Å². The van der Waals surface area contributed by atoms with Crippen LogP contribution in [0, 0.1) is 6.92 Å². The maximum atomic E-state index is 12.8. The van der Waals surface area contributed by atoms with Crippen LogP contribution in [0.25, 0.3) is 0 Å². The van der Waals surface area contributed by atoms with Gasteiger partial charge in [-0.25, -0.2) is 8.42 Å². The summed E-state index contributed by atoms with van der Waals surface area (Å²) in [5, 5.41) is 0. The molecule has 1 aliphatic rings. The molecule has 0 spiro atoms. The van der Waals surface area contributed by atoms with Gasteiger partial charge in [0.05, 0.1) is 4.90 Å². The molecule has 0 unspecified atom stereocenters. The summed E-state index contributed by atoms with van der Waals surface area (Å²) in [5.41, 5.74) is 0.803. The number of aryl methyl sites for hydroxylation is 1. The van der Waals surface area contributed by atoms with Crippen molar-refractivity contribution in [2.45, 2.75) is 43.5 Å². The number of halogens is 1. The predicted molar refractivity (Wildman–Crippen MR) is 78.0 cm³/mol. The summed E-state index contributed by atoms with van der Waals surface area (Å²) in [5.74, 6) is 0.493. The third kappa shape index (κ3) is 3.12. The van der Waals surface area contributed by atoms with Crippen molar-refractivity contribution in [2.24, 2.45) is 0 Å². The summed E-state index contributed by atoms with van der Waals surface area (Å²) in [6.07, 6.45) is 3.75. The number of hydrogen-bond acceptors (Lipinski definition) is 2. The molecule has 1 saturated carbocycles. The standard InChI is InChI=1S/C14H20ClNO2S/c1-12-6-2-3-9-14(12)19(17,18)16(11-5-10-15)13-7-4-8-13/h2-3,6,9,13H,4-5,7-8,10-11H2,1H3. The van der Waals surface area contributed by atoms with E-state index in [-0.39, 0.29) is 6.04 Å². The molecule has 1 aliphatic carbocycles. The van der Waals surface area contributed by atoms with Crippen LogP contribution in [-0.4, -0.2) is 31.2 Å². The van der Waals surface area contributed by atoms with Crippen LogP contribution in [0.3, 0.4) is 0 Å². The van der Waals surface area contributed by atoms with Crippen LogP contribution in [0.4, 0.5) is 0 Å². The molecule has 1 aromatic carbocycles. The molecule has 0 heterocycles. The van der Waals surface area contributed by atoms with Crippen LogP contribution in [-0.2, 0) is 10.0 Å². The third-order valence-corrected chi connectivity index (χ3v) is 6.05. The Hall–Kier alpha value is -0.580. The van der Waals surface area contributed by atoms with E-state index >= 15 is 0 Å². The summed E-state index contributed by atoms with van der Waals surface area (Å²) < 4.78 is 27.2. The smallest absolute Gasteiger partial charge is 0.207 e. The lowest BCUT2D eigenvalue weighted by atomic mass is 9.93. The van der Waals surface area contributed by atoms with E-state index in [0.717, 1.165) is 24.8 Å². The summed E-state index contributed by atoms with van der Waals surface area (Å²) >= 11 is 5.72. The van der Waals surface area contributed by atoms with E-state index in [1.54, 1.807) is 16.4 Å². The van der Waals surface area contributed by atoms with Gasteiger partial charge < -0.3 is 0 Å². The average molecular weight is 302 g/mol. The molecule has 0 aliphatic heterocycles. The van der Waals surface area contributed by atoms with E-state index in [4.69, 9.17) is 11.6 Å². The van der Waals surface area contributed by atoms with E-state index in [2.05, 4.69) is 0 Å². The van der Waals surface area contributed by atoms with Crippen LogP contribution in [0.2, 0.25) is 0 Å². The van der Waals surface area contributed by atoms with Crippen molar-refractivity contribution in [3.8, 4) is 0 Å². The molecule has 0 radical (unpaired) electrons. The van der Waals surface area contributed by atoms with E-state index in [1.807, 2.05) is 19.1 Å². The van der Waals surface area contributed by atoms with E-state index in [9.17, 15) is 8.42 Å². The highest BCUT2D eigenvalue weighted by atomic mass is 35.5. The number of sulfonamides is 1. The third-order valence-electron chi connectivity index (χ3n) is 3.67. The first kappa shape index (κ1) is 14.8. The fraction of sp³-hybridized carbons (Fsp3) is 0.571. The van der Waals surface area contributed by atoms with Gasteiger partial charge in [0, 0.05) is 18.5 Å². The van der Waals surface area contributed by atoms with Crippen molar-refractivity contribution in [1.29, 1.82) is 0 Å². The Morgan fingerprint density at radius 3 is 2.53 bits per heavy atom. The molecule has 0 aromatic heterocycles. The Morgan fingerprint density at radius 2 is 2.00 bits per heavy atom. The van der Waals surface area contributed by atoms with Gasteiger partial charge in [-0.05, 0) is 37.8 Å². The molecular weight excluding hydrogens is 282 g/mol. The maximum Gasteiger partial charge on any atom is 0.243 e. The molecule has 106 valence electrons. The molecule has 2 rings (SSSR count). The minimum atomic E-state index is -3.39. The SMILES string of the molecule is Cc1ccccc1S(=O)(=O)N(CCCCl)C1CCC1. The minimum absolute atomic E-state index is 0.160. The van der Waals surface area contributed by atoms with E-state index in [0.29, 0.717) is 23.7 Å². The molecular formula is C14H20ClNO2S. The number of nitrogens with zero attached hydrogens (tertiary/aromatic N) is 1. The highest BCUT2D eigenvalue weighted by Gasteiger charge is 2.34. The Kier molecular flexibility index (Phi) is 4.87. The van der Waals surface area contributed by atoms with E-state index < -0.39 is 10.0 Å². The van der Waals surface area contributed by atoms with E-state index in [1.165, 1.54) is 0 Å². The topological polar surface area (TPSA) is 37.4 Å². The molecule has 0 saturated heterocycles. The Bertz CT molecular complexity index is 526. The Morgan fingerprint density at radius 1 is 1.32 bits per heavy atom. The Labute approximate surface area is 120 Å². The van der Waals surface area contributed by atoms with Crippen LogP contribution >= 0.6 is 11.6 Å². The van der Waals surface area contributed by atoms with Crippen molar-refractivity contribution < 1.29 is 8.42 Å². The summed E-state index contributed by atoms with van der Waals surface area (Å²) in [6, 6.07) is 7.33. The number of benzene rings is 1. The molecule has 19 heavy (non-hydrogen) atoms. The van der Waals surface area contributed by atoms with Crippen molar-refractivity contribution in [3.05, 3.63) is 29.8 Å². The molecule has 0 amide bonds. The van der Waals surface area contributed by atoms with Crippen LogP contribution in [0.15, 0.2) is 29.2 Å². The molecule has 5 heteroatoms. The summed E-state index contributed by atoms with van der Waals surface area (Å²) in [7, 11) is -3.39. The van der Waals surface area contributed by atoms with Crippen molar-refractivity contribution >= 4 is 21.6 Å². The largest absolute Gasteiger partial charge is 0.243 e. The molecule has 0 bridgehead atoms. The van der Waals surface area contributed by atoms with Crippen LogP contribution < -0.4 is 0 Å². The van der Waals surface area contributed by atoms with Gasteiger partial charge in [-0.15, -0.1) is 11.6 Å². The molecule has 0 atom stereocenters. The average Bonchev–Trinajstić information content (AvgIpc) is 2.32. The van der Waals surface area contributed by atoms with Gasteiger partial charge in [0.2, 0.25) is 10.0 Å². The van der Waals surface area contributed by atoms with Crippen molar-refractivity contribution in [2.75, 3.05) is 12.4 Å². The molecule has 1 aromatic rings. The molecule has 1 fully saturated rings. The highest BCUT2D eigenvalue weighted by molar-refractivity contribution is 7.89. The monoisotopic (exact) mass is 301 g/mol. The first-order valence-corrected chi connectivity index (χ1v) is 8.68. The van der Waals surface area contributed by atoms with Gasteiger partial charge in [0.25, 0.3) is 0 Å². The second-order valence-electron chi connectivity index (χ2n) is 5.01. The van der Waals surface area contributed by atoms with Gasteiger partial charge in [-0.2, -0.15) is 4.31 Å².